The van der Waals surface area contributed by atoms with Gasteiger partial charge < -0.3 is 10.3 Å². The lowest BCUT2D eigenvalue weighted by atomic mass is 9.97. The van der Waals surface area contributed by atoms with E-state index in [1.165, 1.54) is 11.1 Å². The molecule has 1 aromatic heterocycles. The number of aromatic amines is 1. The number of aryl methyl sites for hydroxylation is 1. The van der Waals surface area contributed by atoms with Crippen molar-refractivity contribution >= 4 is 5.91 Å². The third kappa shape index (κ3) is 4.20. The maximum Gasteiger partial charge on any atom is 0.234 e. The highest BCUT2D eigenvalue weighted by molar-refractivity contribution is 5.78. The van der Waals surface area contributed by atoms with Crippen LogP contribution in [0.1, 0.15) is 35.7 Å². The Bertz CT molecular complexity index is 638. The van der Waals surface area contributed by atoms with Gasteiger partial charge in [0.15, 0.2) is 0 Å². The third-order valence-electron chi connectivity index (χ3n) is 4.52. The number of carbonyl (C=O) groups is 1. The molecule has 1 aromatic carbocycles. The average Bonchev–Trinajstić information content (AvgIpc) is 3.09. The summed E-state index contributed by atoms with van der Waals surface area (Å²) in [6.45, 7) is 5.00. The van der Waals surface area contributed by atoms with Gasteiger partial charge in [0.25, 0.3) is 0 Å². The van der Waals surface area contributed by atoms with Crippen molar-refractivity contribution in [3.8, 4) is 0 Å². The number of hydrogen-bond donors (Lipinski definition) is 2. The summed E-state index contributed by atoms with van der Waals surface area (Å²) in [5, 5.41) is 3.03. The standard InChI is InChI=1S/C18H24N4O/c1-14-5-2-3-6-15(14)11-21-17(23)13-22-10-4-7-16(12-22)18-19-8-9-20-18/h2-3,5-6,8-9,16H,4,7,10-13H2,1H3,(H,19,20)(H,21,23). The van der Waals surface area contributed by atoms with Gasteiger partial charge in [0.1, 0.15) is 5.82 Å². The maximum atomic E-state index is 12.2. The largest absolute Gasteiger partial charge is 0.351 e. The lowest BCUT2D eigenvalue weighted by molar-refractivity contribution is -0.122. The van der Waals surface area contributed by atoms with Crippen molar-refractivity contribution in [1.29, 1.82) is 0 Å². The predicted octanol–water partition coefficient (Wildman–Crippen LogP) is 2.21. The molecule has 2 N–H and O–H groups in total. The fourth-order valence-electron chi connectivity index (χ4n) is 3.18. The average molecular weight is 312 g/mol. The first-order valence-electron chi connectivity index (χ1n) is 8.25. The number of carbonyl (C=O) groups excluding carboxylic acids is 1. The van der Waals surface area contributed by atoms with Crippen LogP contribution in [-0.4, -0.2) is 40.4 Å². The summed E-state index contributed by atoms with van der Waals surface area (Å²) in [6, 6.07) is 8.15. The van der Waals surface area contributed by atoms with E-state index in [0.717, 1.165) is 31.8 Å². The number of piperidine rings is 1. The van der Waals surface area contributed by atoms with Gasteiger partial charge in [-0.15, -0.1) is 0 Å². The summed E-state index contributed by atoms with van der Waals surface area (Å²) in [5.41, 5.74) is 2.39. The van der Waals surface area contributed by atoms with E-state index in [-0.39, 0.29) is 5.91 Å². The molecular formula is C18H24N4O. The van der Waals surface area contributed by atoms with E-state index in [0.29, 0.717) is 19.0 Å². The first kappa shape index (κ1) is 15.7. The van der Waals surface area contributed by atoms with Crippen molar-refractivity contribution in [3.05, 3.63) is 53.6 Å². The van der Waals surface area contributed by atoms with E-state index in [1.807, 2.05) is 18.3 Å². The number of benzene rings is 1. The molecule has 0 saturated carbocycles. The predicted molar refractivity (Wildman–Crippen MR) is 90.0 cm³/mol. The van der Waals surface area contributed by atoms with Crippen LogP contribution in [0.5, 0.6) is 0 Å². The van der Waals surface area contributed by atoms with Crippen LogP contribution >= 0.6 is 0 Å². The molecule has 0 aliphatic carbocycles. The molecule has 1 amide bonds. The van der Waals surface area contributed by atoms with Crippen molar-refractivity contribution in [1.82, 2.24) is 20.2 Å². The molecule has 23 heavy (non-hydrogen) atoms. The van der Waals surface area contributed by atoms with Gasteiger partial charge in [-0.3, -0.25) is 9.69 Å². The summed E-state index contributed by atoms with van der Waals surface area (Å²) in [6.07, 6.45) is 5.90. The van der Waals surface area contributed by atoms with Gasteiger partial charge in [-0.25, -0.2) is 4.98 Å². The minimum Gasteiger partial charge on any atom is -0.351 e. The van der Waals surface area contributed by atoms with E-state index < -0.39 is 0 Å². The van der Waals surface area contributed by atoms with Crippen molar-refractivity contribution < 1.29 is 4.79 Å². The van der Waals surface area contributed by atoms with E-state index in [2.05, 4.69) is 39.2 Å². The fourth-order valence-corrected chi connectivity index (χ4v) is 3.18. The Morgan fingerprint density at radius 2 is 2.30 bits per heavy atom. The second kappa shape index (κ2) is 7.42. The van der Waals surface area contributed by atoms with Crippen molar-refractivity contribution in [2.24, 2.45) is 0 Å². The van der Waals surface area contributed by atoms with Gasteiger partial charge in [0.05, 0.1) is 6.54 Å². The van der Waals surface area contributed by atoms with Gasteiger partial charge in [-0.05, 0) is 37.4 Å². The highest BCUT2D eigenvalue weighted by Gasteiger charge is 2.24. The summed E-state index contributed by atoms with van der Waals surface area (Å²) >= 11 is 0. The number of nitrogens with one attached hydrogen (secondary N) is 2. The Hall–Kier alpha value is -2.14. The van der Waals surface area contributed by atoms with E-state index in [9.17, 15) is 4.79 Å². The zero-order chi connectivity index (χ0) is 16.1. The van der Waals surface area contributed by atoms with Gasteiger partial charge >= 0.3 is 0 Å². The van der Waals surface area contributed by atoms with Crippen LogP contribution in [-0.2, 0) is 11.3 Å². The zero-order valence-corrected chi connectivity index (χ0v) is 13.6. The number of hydrogen-bond acceptors (Lipinski definition) is 3. The molecule has 5 nitrogen and oxygen atoms in total. The molecule has 1 aliphatic rings. The third-order valence-corrected chi connectivity index (χ3v) is 4.52. The van der Waals surface area contributed by atoms with Crippen LogP contribution in [0.2, 0.25) is 0 Å². The van der Waals surface area contributed by atoms with Crippen LogP contribution in [0.25, 0.3) is 0 Å². The molecular weight excluding hydrogens is 288 g/mol. The molecule has 1 atom stereocenters. The van der Waals surface area contributed by atoms with Crippen LogP contribution in [0.4, 0.5) is 0 Å². The number of rotatable bonds is 5. The fraction of sp³-hybridized carbons (Fsp3) is 0.444. The van der Waals surface area contributed by atoms with Crippen molar-refractivity contribution in [2.75, 3.05) is 19.6 Å². The second-order valence-corrected chi connectivity index (χ2v) is 6.25. The van der Waals surface area contributed by atoms with Gasteiger partial charge in [0.2, 0.25) is 5.91 Å². The molecule has 0 spiro atoms. The van der Waals surface area contributed by atoms with Crippen molar-refractivity contribution in [2.45, 2.75) is 32.2 Å². The van der Waals surface area contributed by atoms with Crippen LogP contribution < -0.4 is 5.32 Å². The number of likely N-dealkylation sites (tertiary alicyclic amines) is 1. The van der Waals surface area contributed by atoms with Crippen molar-refractivity contribution in [3.63, 3.8) is 0 Å². The van der Waals surface area contributed by atoms with E-state index in [1.54, 1.807) is 6.20 Å². The van der Waals surface area contributed by atoms with Crippen LogP contribution in [0.15, 0.2) is 36.7 Å². The second-order valence-electron chi connectivity index (χ2n) is 6.25. The highest BCUT2D eigenvalue weighted by Crippen LogP contribution is 2.23. The Labute approximate surface area is 137 Å². The Morgan fingerprint density at radius 1 is 1.43 bits per heavy atom. The minimum absolute atomic E-state index is 0.0911. The van der Waals surface area contributed by atoms with Gasteiger partial charge in [-0.2, -0.15) is 0 Å². The number of aromatic nitrogens is 2. The molecule has 122 valence electrons. The molecule has 0 radical (unpaired) electrons. The number of imidazole rings is 1. The Balaban J connectivity index is 1.49. The SMILES string of the molecule is Cc1ccccc1CNC(=O)CN1CCCC(c2ncc[nH]2)C1. The molecule has 0 bridgehead atoms. The summed E-state index contributed by atoms with van der Waals surface area (Å²) < 4.78 is 0. The highest BCUT2D eigenvalue weighted by atomic mass is 16.2. The molecule has 1 fully saturated rings. The van der Waals surface area contributed by atoms with E-state index >= 15 is 0 Å². The first-order chi connectivity index (χ1) is 11.2. The molecule has 1 saturated heterocycles. The first-order valence-corrected chi connectivity index (χ1v) is 8.25. The van der Waals surface area contributed by atoms with E-state index in [4.69, 9.17) is 0 Å². The monoisotopic (exact) mass is 312 g/mol. The number of amides is 1. The lowest BCUT2D eigenvalue weighted by Gasteiger charge is -2.31. The maximum absolute atomic E-state index is 12.2. The lowest BCUT2D eigenvalue weighted by Crippen LogP contribution is -2.42. The Morgan fingerprint density at radius 3 is 3.09 bits per heavy atom. The van der Waals surface area contributed by atoms with Crippen LogP contribution in [0, 0.1) is 6.92 Å². The summed E-state index contributed by atoms with van der Waals surface area (Å²) in [4.78, 5) is 22.0. The summed E-state index contributed by atoms with van der Waals surface area (Å²) in [7, 11) is 0. The zero-order valence-electron chi connectivity index (χ0n) is 13.6. The molecule has 1 aliphatic heterocycles. The topological polar surface area (TPSA) is 61.0 Å². The van der Waals surface area contributed by atoms with Gasteiger partial charge in [-0.1, -0.05) is 24.3 Å². The normalized spacial score (nSPS) is 18.7. The molecule has 1 unspecified atom stereocenters. The quantitative estimate of drug-likeness (QED) is 0.890. The van der Waals surface area contributed by atoms with Crippen LogP contribution in [0.3, 0.4) is 0 Å². The molecule has 2 aromatic rings. The smallest absolute Gasteiger partial charge is 0.234 e. The van der Waals surface area contributed by atoms with Gasteiger partial charge in [0, 0.05) is 31.4 Å². The number of H-pyrrole nitrogens is 1. The molecule has 5 heteroatoms. The molecule has 3 rings (SSSR count). The summed E-state index contributed by atoms with van der Waals surface area (Å²) in [5.74, 6) is 1.53. The molecule has 2 heterocycles. The number of nitrogens with zero attached hydrogens (tertiary/aromatic N) is 2. The minimum atomic E-state index is 0.0911. The Kier molecular flexibility index (Phi) is 5.08.